The number of hydrogen-bond acceptors (Lipinski definition) is 2. The predicted octanol–water partition coefficient (Wildman–Crippen LogP) is 3.60. The molecule has 1 atom stereocenters. The Hall–Kier alpha value is -1.12. The molecule has 0 saturated carbocycles. The van der Waals surface area contributed by atoms with E-state index in [0.29, 0.717) is 0 Å². The van der Waals surface area contributed by atoms with Crippen LogP contribution >= 0.6 is 11.3 Å². The Bertz CT molecular complexity index is 445. The van der Waals surface area contributed by atoms with Crippen molar-refractivity contribution in [2.45, 2.75) is 31.7 Å². The summed E-state index contributed by atoms with van der Waals surface area (Å²) in [4.78, 5) is 1.36. The van der Waals surface area contributed by atoms with Gasteiger partial charge in [0.25, 0.3) is 0 Å². The Morgan fingerprint density at radius 3 is 2.41 bits per heavy atom. The van der Waals surface area contributed by atoms with E-state index in [1.54, 1.807) is 11.3 Å². The highest BCUT2D eigenvalue weighted by molar-refractivity contribution is 7.09. The smallest absolute Gasteiger partial charge is 0.0180 e. The molecule has 0 fully saturated rings. The molecule has 0 saturated heterocycles. The van der Waals surface area contributed by atoms with Gasteiger partial charge in [0, 0.05) is 16.3 Å². The lowest BCUT2D eigenvalue weighted by atomic mass is 9.77. The number of rotatable bonds is 4. The highest BCUT2D eigenvalue weighted by Gasteiger charge is 2.28. The molecule has 2 rings (SSSR count). The van der Waals surface area contributed by atoms with E-state index in [1.807, 2.05) is 6.07 Å². The van der Waals surface area contributed by atoms with Crippen LogP contribution in [0.2, 0.25) is 0 Å². The molecule has 0 amide bonds. The van der Waals surface area contributed by atoms with Crippen molar-refractivity contribution in [3.8, 4) is 0 Å². The van der Waals surface area contributed by atoms with Gasteiger partial charge < -0.3 is 5.73 Å². The summed E-state index contributed by atoms with van der Waals surface area (Å²) in [6.45, 7) is 4.45. The predicted molar refractivity (Wildman–Crippen MR) is 75.5 cm³/mol. The van der Waals surface area contributed by atoms with Crippen molar-refractivity contribution in [1.29, 1.82) is 0 Å². The third-order valence-electron chi connectivity index (χ3n) is 3.45. The van der Waals surface area contributed by atoms with Gasteiger partial charge in [0.2, 0.25) is 0 Å². The molecule has 17 heavy (non-hydrogen) atoms. The molecular weight excluding hydrogens is 226 g/mol. The number of benzene rings is 1. The summed E-state index contributed by atoms with van der Waals surface area (Å²) < 4.78 is 0. The van der Waals surface area contributed by atoms with Gasteiger partial charge in [-0.05, 0) is 23.4 Å². The zero-order valence-corrected chi connectivity index (χ0v) is 11.2. The van der Waals surface area contributed by atoms with E-state index < -0.39 is 0 Å². The molecule has 90 valence electrons. The summed E-state index contributed by atoms with van der Waals surface area (Å²) in [5.74, 6) is 0. The molecule has 0 spiro atoms. The second-order valence-corrected chi connectivity index (χ2v) is 6.01. The average molecular weight is 245 g/mol. The van der Waals surface area contributed by atoms with Gasteiger partial charge in [0.15, 0.2) is 0 Å². The molecule has 1 unspecified atom stereocenters. The van der Waals surface area contributed by atoms with Crippen molar-refractivity contribution in [2.24, 2.45) is 5.73 Å². The fraction of sp³-hybridized carbons (Fsp3) is 0.333. The lowest BCUT2D eigenvalue weighted by Gasteiger charge is -2.32. The van der Waals surface area contributed by atoms with Crippen molar-refractivity contribution >= 4 is 11.3 Å². The Morgan fingerprint density at radius 1 is 1.12 bits per heavy atom. The van der Waals surface area contributed by atoms with Crippen LogP contribution in [0.25, 0.3) is 0 Å². The lowest BCUT2D eigenvalue weighted by Crippen LogP contribution is -2.42. The molecule has 2 heteroatoms. The second kappa shape index (κ2) is 5.03. The SMILES string of the molecule is CC(C)(c1ccccc1)C(N)Cc1cccs1. The number of thiophene rings is 1. The summed E-state index contributed by atoms with van der Waals surface area (Å²) in [6, 6.07) is 14.9. The molecule has 0 aliphatic carbocycles. The van der Waals surface area contributed by atoms with E-state index in [1.165, 1.54) is 10.4 Å². The van der Waals surface area contributed by atoms with Gasteiger partial charge in [-0.15, -0.1) is 11.3 Å². The normalized spacial score (nSPS) is 13.6. The van der Waals surface area contributed by atoms with Crippen molar-refractivity contribution < 1.29 is 0 Å². The number of hydrogen-bond donors (Lipinski definition) is 1. The van der Waals surface area contributed by atoms with Crippen LogP contribution in [0.15, 0.2) is 47.8 Å². The maximum Gasteiger partial charge on any atom is 0.0180 e. The van der Waals surface area contributed by atoms with Crippen molar-refractivity contribution in [3.05, 3.63) is 58.3 Å². The molecule has 1 nitrogen and oxygen atoms in total. The second-order valence-electron chi connectivity index (χ2n) is 4.98. The third-order valence-corrected chi connectivity index (χ3v) is 4.34. The van der Waals surface area contributed by atoms with Gasteiger partial charge in [0.05, 0.1) is 0 Å². The van der Waals surface area contributed by atoms with Crippen molar-refractivity contribution in [2.75, 3.05) is 0 Å². The average Bonchev–Trinajstić information content (AvgIpc) is 2.83. The van der Waals surface area contributed by atoms with E-state index in [2.05, 4.69) is 55.6 Å². The molecule has 0 radical (unpaired) electrons. The van der Waals surface area contributed by atoms with Crippen LogP contribution < -0.4 is 5.73 Å². The van der Waals surface area contributed by atoms with Crippen LogP contribution in [-0.4, -0.2) is 6.04 Å². The minimum absolute atomic E-state index is 0.00521. The summed E-state index contributed by atoms with van der Waals surface area (Å²) in [7, 11) is 0. The highest BCUT2D eigenvalue weighted by atomic mass is 32.1. The molecule has 2 N–H and O–H groups in total. The van der Waals surface area contributed by atoms with E-state index in [9.17, 15) is 0 Å². The van der Waals surface area contributed by atoms with Gasteiger partial charge >= 0.3 is 0 Å². The maximum atomic E-state index is 6.38. The first kappa shape index (κ1) is 12.3. The van der Waals surface area contributed by atoms with Gasteiger partial charge in [-0.2, -0.15) is 0 Å². The fourth-order valence-electron chi connectivity index (χ4n) is 1.98. The monoisotopic (exact) mass is 245 g/mol. The highest BCUT2D eigenvalue weighted by Crippen LogP contribution is 2.28. The molecule has 1 aromatic heterocycles. The van der Waals surface area contributed by atoms with Crippen LogP contribution in [0, 0.1) is 0 Å². The number of nitrogens with two attached hydrogens (primary N) is 1. The zero-order valence-electron chi connectivity index (χ0n) is 10.4. The summed E-state index contributed by atoms with van der Waals surface area (Å²) in [5.41, 5.74) is 7.70. The first-order valence-electron chi connectivity index (χ1n) is 5.94. The van der Waals surface area contributed by atoms with Crippen molar-refractivity contribution in [1.82, 2.24) is 0 Å². The summed E-state index contributed by atoms with van der Waals surface area (Å²) >= 11 is 1.78. The molecule has 1 aromatic carbocycles. The van der Waals surface area contributed by atoms with E-state index in [0.717, 1.165) is 6.42 Å². The molecule has 0 aliphatic rings. The van der Waals surface area contributed by atoms with Gasteiger partial charge in [0.1, 0.15) is 0 Å². The molecule has 2 aromatic rings. The van der Waals surface area contributed by atoms with Gasteiger partial charge in [-0.3, -0.25) is 0 Å². The Morgan fingerprint density at radius 2 is 1.82 bits per heavy atom. The van der Waals surface area contributed by atoms with Crippen LogP contribution in [0.3, 0.4) is 0 Å². The minimum atomic E-state index is 0.00521. The van der Waals surface area contributed by atoms with Gasteiger partial charge in [-0.1, -0.05) is 50.2 Å². The topological polar surface area (TPSA) is 26.0 Å². The van der Waals surface area contributed by atoms with Crippen LogP contribution in [-0.2, 0) is 11.8 Å². The Balaban J connectivity index is 2.15. The molecule has 0 aliphatic heterocycles. The zero-order chi connectivity index (χ0) is 12.3. The first-order chi connectivity index (χ1) is 8.10. The largest absolute Gasteiger partial charge is 0.327 e. The van der Waals surface area contributed by atoms with E-state index >= 15 is 0 Å². The van der Waals surface area contributed by atoms with Crippen LogP contribution in [0.5, 0.6) is 0 Å². The minimum Gasteiger partial charge on any atom is -0.327 e. The fourth-order valence-corrected chi connectivity index (χ4v) is 2.75. The molecule has 1 heterocycles. The lowest BCUT2D eigenvalue weighted by molar-refractivity contribution is 0.408. The first-order valence-corrected chi connectivity index (χ1v) is 6.82. The Labute approximate surface area is 107 Å². The van der Waals surface area contributed by atoms with Crippen LogP contribution in [0.1, 0.15) is 24.3 Å². The van der Waals surface area contributed by atoms with Crippen molar-refractivity contribution in [3.63, 3.8) is 0 Å². The standard InChI is InChI=1S/C15H19NS/c1-15(2,12-7-4-3-5-8-12)14(16)11-13-9-6-10-17-13/h3-10,14H,11,16H2,1-2H3. The molecule has 0 bridgehead atoms. The van der Waals surface area contributed by atoms with E-state index in [-0.39, 0.29) is 11.5 Å². The van der Waals surface area contributed by atoms with E-state index in [4.69, 9.17) is 5.73 Å². The summed E-state index contributed by atoms with van der Waals surface area (Å²) in [6.07, 6.45) is 0.944. The maximum absolute atomic E-state index is 6.38. The van der Waals surface area contributed by atoms with Crippen LogP contribution in [0.4, 0.5) is 0 Å². The third kappa shape index (κ3) is 2.76. The molecular formula is C15H19NS. The quantitative estimate of drug-likeness (QED) is 0.875. The Kier molecular flexibility index (Phi) is 3.65. The van der Waals surface area contributed by atoms with Gasteiger partial charge in [-0.25, -0.2) is 0 Å². The summed E-state index contributed by atoms with van der Waals surface area (Å²) in [5, 5.41) is 2.11.